The second-order valence-electron chi connectivity index (χ2n) is 7.52. The lowest BCUT2D eigenvalue weighted by Gasteiger charge is -2.10. The van der Waals surface area contributed by atoms with Crippen molar-refractivity contribution in [3.05, 3.63) is 101 Å². The number of aromatic nitrogens is 6. The fourth-order valence-electron chi connectivity index (χ4n) is 3.26. The van der Waals surface area contributed by atoms with Crippen LogP contribution in [0.3, 0.4) is 0 Å². The van der Waals surface area contributed by atoms with Gasteiger partial charge in [0.1, 0.15) is 11.6 Å². The molecule has 0 aliphatic carbocycles. The summed E-state index contributed by atoms with van der Waals surface area (Å²) in [6, 6.07) is 16.8. The van der Waals surface area contributed by atoms with Crippen molar-refractivity contribution in [2.75, 3.05) is 0 Å². The zero-order valence-electron chi connectivity index (χ0n) is 19.0. The van der Waals surface area contributed by atoms with Crippen molar-refractivity contribution < 1.29 is 22.8 Å². The van der Waals surface area contributed by atoms with E-state index in [0.29, 0.717) is 28.2 Å². The quantitative estimate of drug-likeness (QED) is 0.207. The summed E-state index contributed by atoms with van der Waals surface area (Å²) in [6.07, 6.45) is 0. The van der Waals surface area contributed by atoms with Crippen LogP contribution in [0.15, 0.2) is 76.3 Å². The lowest BCUT2D eigenvalue weighted by atomic mass is 10.1. The number of ether oxygens (including phenoxy) is 1. The summed E-state index contributed by atoms with van der Waals surface area (Å²) in [6.45, 7) is -0.169. The van der Waals surface area contributed by atoms with E-state index < -0.39 is 11.6 Å². The van der Waals surface area contributed by atoms with Crippen LogP contribution in [0.4, 0.5) is 8.78 Å². The molecule has 37 heavy (non-hydrogen) atoms. The van der Waals surface area contributed by atoms with Crippen molar-refractivity contribution in [3.63, 3.8) is 0 Å². The Labute approximate surface area is 213 Å². The summed E-state index contributed by atoms with van der Waals surface area (Å²) >= 11 is 6.14. The molecule has 0 saturated heterocycles. The van der Waals surface area contributed by atoms with E-state index in [1.54, 1.807) is 13.1 Å². The summed E-state index contributed by atoms with van der Waals surface area (Å²) in [5, 5.41) is 24.0. The monoisotopic (exact) mass is 523 g/mol. The molecule has 0 bridgehead atoms. The maximum atomic E-state index is 14.1. The summed E-state index contributed by atoms with van der Waals surface area (Å²) in [7, 11) is 1.68. The molecule has 2 aromatic heterocycles. The Morgan fingerprint density at radius 2 is 1.81 bits per heavy atom. The number of oxime groups is 1. The Balaban J connectivity index is 1.37. The highest BCUT2D eigenvalue weighted by atomic mass is 35.5. The van der Waals surface area contributed by atoms with Crippen LogP contribution in [0.2, 0.25) is 5.02 Å². The molecule has 0 radical (unpaired) electrons. The summed E-state index contributed by atoms with van der Waals surface area (Å²) in [5.74, 6) is -1.07. The summed E-state index contributed by atoms with van der Waals surface area (Å²) < 4.78 is 40.2. The Bertz CT molecular complexity index is 1570. The van der Waals surface area contributed by atoms with Crippen molar-refractivity contribution >= 4 is 17.3 Å². The van der Waals surface area contributed by atoms with Gasteiger partial charge in [0.15, 0.2) is 23.9 Å². The van der Waals surface area contributed by atoms with Gasteiger partial charge in [0.25, 0.3) is 11.8 Å². The molecule has 0 aliphatic rings. The number of tetrazole rings is 1. The maximum Gasteiger partial charge on any atom is 0.257 e. The molecular formula is C24H16ClF2N7O3. The van der Waals surface area contributed by atoms with Crippen LogP contribution in [0, 0.1) is 11.6 Å². The maximum absolute atomic E-state index is 14.1. The highest BCUT2D eigenvalue weighted by Crippen LogP contribution is 2.35. The van der Waals surface area contributed by atoms with E-state index in [1.807, 2.05) is 30.3 Å². The normalized spacial score (nSPS) is 11.5. The topological polar surface area (TPSA) is 113 Å². The van der Waals surface area contributed by atoms with E-state index in [9.17, 15) is 8.78 Å². The number of aryl methyl sites for hydroxylation is 1. The standard InChI is InChI=1S/C24H16ClF2N7O3/c1-34-23(29-32-33-34)22(14-5-3-2-4-6-14)31-35-13-21-28-30-24(37-21)17-11-15(25)7-9-19(17)36-20-10-8-16(26)12-18(20)27/h2-12H,13H2,1H3/b31-22-. The van der Waals surface area contributed by atoms with Gasteiger partial charge in [-0.2, -0.15) is 0 Å². The van der Waals surface area contributed by atoms with Crippen LogP contribution in [0.5, 0.6) is 11.5 Å². The van der Waals surface area contributed by atoms with E-state index in [2.05, 4.69) is 30.9 Å². The highest BCUT2D eigenvalue weighted by molar-refractivity contribution is 6.30. The molecule has 0 fully saturated rings. The highest BCUT2D eigenvalue weighted by Gasteiger charge is 2.18. The van der Waals surface area contributed by atoms with Crippen molar-refractivity contribution in [2.45, 2.75) is 6.61 Å². The molecule has 5 rings (SSSR count). The van der Waals surface area contributed by atoms with Crippen LogP contribution >= 0.6 is 11.6 Å². The number of rotatable bonds is 8. The molecule has 2 heterocycles. The summed E-state index contributed by atoms with van der Waals surface area (Å²) in [4.78, 5) is 5.48. The van der Waals surface area contributed by atoms with Gasteiger partial charge in [-0.05, 0) is 40.8 Å². The number of hydrogen-bond acceptors (Lipinski definition) is 9. The molecule has 186 valence electrons. The van der Waals surface area contributed by atoms with Crippen LogP contribution in [0.1, 0.15) is 17.3 Å². The molecule has 0 saturated carbocycles. The fourth-order valence-corrected chi connectivity index (χ4v) is 3.43. The van der Waals surface area contributed by atoms with Gasteiger partial charge < -0.3 is 14.0 Å². The fraction of sp³-hybridized carbons (Fsp3) is 0.0833. The average Bonchev–Trinajstić information content (AvgIpc) is 3.54. The largest absolute Gasteiger partial charge is 0.453 e. The number of nitrogens with zero attached hydrogens (tertiary/aromatic N) is 7. The predicted octanol–water partition coefficient (Wildman–Crippen LogP) is 4.95. The number of hydrogen-bond donors (Lipinski definition) is 0. The minimum Gasteiger partial charge on any atom is -0.453 e. The van der Waals surface area contributed by atoms with Gasteiger partial charge in [-0.1, -0.05) is 47.1 Å². The Morgan fingerprint density at radius 3 is 2.57 bits per heavy atom. The average molecular weight is 524 g/mol. The second kappa shape index (κ2) is 10.5. The zero-order valence-corrected chi connectivity index (χ0v) is 19.8. The SMILES string of the molecule is Cn1nnnc1/C(=N\OCc1nnc(-c2cc(Cl)ccc2Oc2ccc(F)cc2F)o1)c1ccccc1. The van der Waals surface area contributed by atoms with Gasteiger partial charge in [0, 0.05) is 23.7 Å². The van der Waals surface area contributed by atoms with Gasteiger partial charge in [-0.3, -0.25) is 0 Å². The zero-order chi connectivity index (χ0) is 25.8. The van der Waals surface area contributed by atoms with Crippen molar-refractivity contribution in [1.29, 1.82) is 0 Å². The molecule has 5 aromatic rings. The predicted molar refractivity (Wildman–Crippen MR) is 127 cm³/mol. The van der Waals surface area contributed by atoms with Crippen LogP contribution in [-0.2, 0) is 18.5 Å². The van der Waals surface area contributed by atoms with E-state index in [4.69, 9.17) is 25.6 Å². The Morgan fingerprint density at radius 1 is 1.00 bits per heavy atom. The van der Waals surface area contributed by atoms with Crippen LogP contribution < -0.4 is 4.74 Å². The molecule has 0 spiro atoms. The van der Waals surface area contributed by atoms with Crippen LogP contribution in [0.25, 0.3) is 11.5 Å². The number of benzene rings is 3. The number of halogens is 3. The molecule has 3 aromatic carbocycles. The lowest BCUT2D eigenvalue weighted by molar-refractivity contribution is 0.111. The first kappa shape index (κ1) is 24.0. The molecule has 10 nitrogen and oxygen atoms in total. The lowest BCUT2D eigenvalue weighted by Crippen LogP contribution is -2.12. The van der Waals surface area contributed by atoms with Crippen LogP contribution in [-0.4, -0.2) is 36.1 Å². The van der Waals surface area contributed by atoms with Crippen molar-refractivity contribution in [3.8, 4) is 23.0 Å². The first-order chi connectivity index (χ1) is 18.0. The van der Waals surface area contributed by atoms with E-state index in [1.165, 1.54) is 22.9 Å². The van der Waals surface area contributed by atoms with Gasteiger partial charge in [-0.25, -0.2) is 13.5 Å². The molecule has 0 N–H and O–H groups in total. The van der Waals surface area contributed by atoms with E-state index in [0.717, 1.165) is 11.6 Å². The van der Waals surface area contributed by atoms with Crippen molar-refractivity contribution in [1.82, 2.24) is 30.4 Å². The molecule has 0 unspecified atom stereocenters. The molecule has 0 amide bonds. The third-order valence-electron chi connectivity index (χ3n) is 4.98. The van der Waals surface area contributed by atoms with E-state index >= 15 is 0 Å². The first-order valence-electron chi connectivity index (χ1n) is 10.7. The molecular weight excluding hydrogens is 508 g/mol. The second-order valence-corrected chi connectivity index (χ2v) is 7.96. The van der Waals surface area contributed by atoms with Crippen molar-refractivity contribution in [2.24, 2.45) is 12.2 Å². The van der Waals surface area contributed by atoms with Gasteiger partial charge in [0.05, 0.1) is 5.56 Å². The molecule has 13 heteroatoms. The first-order valence-corrected chi connectivity index (χ1v) is 11.1. The van der Waals surface area contributed by atoms with E-state index in [-0.39, 0.29) is 29.9 Å². The smallest absolute Gasteiger partial charge is 0.257 e. The summed E-state index contributed by atoms with van der Waals surface area (Å²) in [5.41, 5.74) is 1.44. The Kier molecular flexibility index (Phi) is 6.81. The minimum atomic E-state index is -0.870. The molecule has 0 atom stereocenters. The third-order valence-corrected chi connectivity index (χ3v) is 5.21. The van der Waals surface area contributed by atoms with Gasteiger partial charge in [-0.15, -0.1) is 15.3 Å². The Hall–Kier alpha value is -4.71. The van der Waals surface area contributed by atoms with Gasteiger partial charge in [0.2, 0.25) is 5.82 Å². The third kappa shape index (κ3) is 5.43. The minimum absolute atomic E-state index is 0.0448. The molecule has 0 aliphatic heterocycles. The van der Waals surface area contributed by atoms with Gasteiger partial charge >= 0.3 is 0 Å².